The van der Waals surface area contributed by atoms with Gasteiger partial charge in [-0.3, -0.25) is 0 Å². The smallest absolute Gasteiger partial charge is 0.0645 e. The zero-order valence-electron chi connectivity index (χ0n) is 30.1. The number of aromatic nitrogens is 2. The molecule has 0 fully saturated rings. The van der Waals surface area contributed by atoms with E-state index in [1.54, 1.807) is 0 Å². The summed E-state index contributed by atoms with van der Waals surface area (Å²) in [5.74, 6) is 0. The molecule has 0 unspecified atom stereocenters. The number of nitrogens with zero attached hydrogens (tertiary/aromatic N) is 2. The highest BCUT2D eigenvalue weighted by Crippen LogP contribution is 2.41. The lowest BCUT2D eigenvalue weighted by Gasteiger charge is -2.10. The maximum absolute atomic E-state index is 9.97. The van der Waals surface area contributed by atoms with E-state index in [2.05, 4.69) is 118 Å². The van der Waals surface area contributed by atoms with E-state index in [1.807, 2.05) is 66.7 Å². The first-order chi connectivity index (χ1) is 26.1. The monoisotopic (exact) mass is 639 g/mol. The summed E-state index contributed by atoms with van der Waals surface area (Å²) in [4.78, 5) is 0. The van der Waals surface area contributed by atoms with Crippen molar-refractivity contribution in [3.8, 4) is 44.8 Å². The van der Waals surface area contributed by atoms with E-state index in [0.717, 1.165) is 71.9 Å². The van der Waals surface area contributed by atoms with Crippen LogP contribution in [0.2, 0.25) is 0 Å². The molecule has 10 rings (SSSR count). The number of hydrogen-bond donors (Lipinski definition) is 0. The molecule has 8 aromatic carbocycles. The summed E-state index contributed by atoms with van der Waals surface area (Å²) in [5.41, 5.74) is 11.0. The first-order valence-corrected chi connectivity index (χ1v) is 17.0. The summed E-state index contributed by atoms with van der Waals surface area (Å²) in [6.07, 6.45) is 0. The van der Waals surface area contributed by atoms with Gasteiger partial charge in [-0.05, 0) is 94.0 Å². The van der Waals surface area contributed by atoms with E-state index < -0.39 is 0 Å². The Balaban J connectivity index is 1.26. The molecule has 2 heterocycles. The molecule has 0 amide bonds. The summed E-state index contributed by atoms with van der Waals surface area (Å²) in [7, 11) is 0. The van der Waals surface area contributed by atoms with E-state index in [1.165, 1.54) is 0 Å². The highest BCUT2D eigenvalue weighted by Gasteiger charge is 2.18. The quantitative estimate of drug-likeness (QED) is 0.177. The van der Waals surface area contributed by atoms with Gasteiger partial charge in [-0.1, -0.05) is 133 Å². The van der Waals surface area contributed by atoms with Gasteiger partial charge in [-0.2, -0.15) is 0 Å². The zero-order valence-corrected chi connectivity index (χ0v) is 27.1. The molecule has 0 bridgehead atoms. The van der Waals surface area contributed by atoms with Crippen LogP contribution in [0.25, 0.3) is 88.4 Å². The van der Waals surface area contributed by atoms with Gasteiger partial charge in [0.1, 0.15) is 0 Å². The Morgan fingerprint density at radius 1 is 0.340 bits per heavy atom. The molecule has 50 heavy (non-hydrogen) atoms. The van der Waals surface area contributed by atoms with E-state index in [-0.39, 0.29) is 18.1 Å². The van der Waals surface area contributed by atoms with Crippen LogP contribution in [0.1, 0.15) is 4.11 Å². The van der Waals surface area contributed by atoms with Gasteiger partial charge in [0.15, 0.2) is 0 Å². The van der Waals surface area contributed by atoms with Crippen molar-refractivity contribution in [3.63, 3.8) is 0 Å². The number of benzene rings is 8. The van der Waals surface area contributed by atoms with E-state index in [9.17, 15) is 4.11 Å². The van der Waals surface area contributed by atoms with Gasteiger partial charge in [0.05, 0.1) is 26.2 Å². The Labute approximate surface area is 294 Å². The third-order valence-corrected chi connectivity index (χ3v) is 9.84. The van der Waals surface area contributed by atoms with Crippen molar-refractivity contribution in [2.45, 2.75) is 0 Å². The predicted molar refractivity (Wildman–Crippen MR) is 211 cm³/mol. The fraction of sp³-hybridized carbons (Fsp3) is 0. The molecule has 2 nitrogen and oxygen atoms in total. The molecular weight excluding hydrogens is 605 g/mol. The number of hydrogen-bond acceptors (Lipinski definition) is 0. The molecule has 0 saturated heterocycles. The number of fused-ring (bicyclic) bond motifs is 6. The molecule has 234 valence electrons. The van der Waals surface area contributed by atoms with Gasteiger partial charge in [0.25, 0.3) is 0 Å². The molecule has 0 aliphatic heterocycles. The van der Waals surface area contributed by atoms with Crippen molar-refractivity contribution in [2.24, 2.45) is 0 Å². The lowest BCUT2D eigenvalue weighted by Crippen LogP contribution is -1.94. The second-order valence-electron chi connectivity index (χ2n) is 12.7. The topological polar surface area (TPSA) is 9.86 Å². The van der Waals surface area contributed by atoms with E-state index in [4.69, 9.17) is 0 Å². The summed E-state index contributed by atoms with van der Waals surface area (Å²) < 4.78 is 33.5. The van der Waals surface area contributed by atoms with Gasteiger partial charge >= 0.3 is 0 Å². The fourth-order valence-corrected chi connectivity index (χ4v) is 7.55. The highest BCUT2D eigenvalue weighted by molar-refractivity contribution is 6.17. The molecule has 0 atom stereocenters. The molecular formula is C48H32N2. The minimum absolute atomic E-state index is 0.0415. The summed E-state index contributed by atoms with van der Waals surface area (Å²) in [5, 5.41) is 3.72. The molecule has 2 heteroatoms. The van der Waals surface area contributed by atoms with Gasteiger partial charge < -0.3 is 9.13 Å². The lowest BCUT2D eigenvalue weighted by atomic mass is 9.97. The summed E-state index contributed by atoms with van der Waals surface area (Å²) >= 11 is 0. The zero-order chi connectivity index (χ0) is 35.6. The summed E-state index contributed by atoms with van der Waals surface area (Å²) in [6.45, 7) is 0. The molecule has 0 N–H and O–H groups in total. The number of para-hydroxylation sites is 2. The van der Waals surface area contributed by atoms with Crippen molar-refractivity contribution in [1.82, 2.24) is 9.13 Å². The molecule has 0 spiro atoms. The molecule has 2 aromatic heterocycles. The highest BCUT2D eigenvalue weighted by atomic mass is 15.0. The maximum atomic E-state index is 9.97. The Bertz CT molecular complexity index is 3000. The molecule has 0 saturated carbocycles. The fourth-order valence-electron chi connectivity index (χ4n) is 7.55. The van der Waals surface area contributed by atoms with Crippen LogP contribution in [-0.4, -0.2) is 9.13 Å². The van der Waals surface area contributed by atoms with Gasteiger partial charge in [-0.15, -0.1) is 0 Å². The standard InChI is InChI=1S/C48H32N2/c1-4-13-33(14-5-1)34-23-27-39(28-24-34)50-46-30-26-37(32-43(46)48-40(20-12-22-47(48)50)35-15-6-2-7-16-35)36-25-29-45-42(31-36)41-19-10-11-21-44(41)49(45)38-17-8-3-9-18-38/h1-32H/i26D,30D,32D. The minimum Gasteiger partial charge on any atom is -0.309 e. The number of rotatable bonds is 5. The van der Waals surface area contributed by atoms with E-state index >= 15 is 0 Å². The average molecular weight is 640 g/mol. The maximum Gasteiger partial charge on any atom is 0.0645 e. The Kier molecular flexibility index (Phi) is 5.84. The van der Waals surface area contributed by atoms with Gasteiger partial charge in [0, 0.05) is 32.9 Å². The summed E-state index contributed by atoms with van der Waals surface area (Å²) in [6, 6.07) is 60.4. The average Bonchev–Trinajstić information content (AvgIpc) is 3.75. The Hall–Kier alpha value is -6.64. The van der Waals surface area contributed by atoms with Crippen molar-refractivity contribution in [3.05, 3.63) is 194 Å². The first-order valence-electron chi connectivity index (χ1n) is 18.5. The third kappa shape index (κ3) is 4.50. The second kappa shape index (κ2) is 11.5. The van der Waals surface area contributed by atoms with Crippen LogP contribution in [0.4, 0.5) is 0 Å². The molecule has 0 aliphatic rings. The van der Waals surface area contributed by atoms with E-state index in [0.29, 0.717) is 16.5 Å². The SMILES string of the molecule is [2H]c1c(-c2ccc3c(c2)c2ccccc2n3-c2ccccc2)c([2H])c2c3c(-c4ccccc4)cccc3n(-c3ccc(-c4ccccc4)cc3)c2c1[2H]. The van der Waals surface area contributed by atoms with Crippen LogP contribution in [0, 0.1) is 0 Å². The predicted octanol–water partition coefficient (Wildman–Crippen LogP) is 12.9. The van der Waals surface area contributed by atoms with Crippen molar-refractivity contribution >= 4 is 43.6 Å². The van der Waals surface area contributed by atoms with Crippen molar-refractivity contribution < 1.29 is 4.11 Å². The largest absolute Gasteiger partial charge is 0.309 e. The molecule has 10 aromatic rings. The second-order valence-corrected chi connectivity index (χ2v) is 12.7. The molecule has 0 radical (unpaired) electrons. The normalized spacial score (nSPS) is 12.4. The van der Waals surface area contributed by atoms with Crippen molar-refractivity contribution in [2.75, 3.05) is 0 Å². The van der Waals surface area contributed by atoms with Crippen molar-refractivity contribution in [1.29, 1.82) is 0 Å². The first kappa shape index (κ1) is 25.4. The van der Waals surface area contributed by atoms with Crippen LogP contribution < -0.4 is 0 Å². The van der Waals surface area contributed by atoms with Crippen LogP contribution >= 0.6 is 0 Å². The Morgan fingerprint density at radius 2 is 0.920 bits per heavy atom. The Morgan fingerprint density at radius 3 is 1.70 bits per heavy atom. The van der Waals surface area contributed by atoms with Gasteiger partial charge in [0.2, 0.25) is 0 Å². The third-order valence-electron chi connectivity index (χ3n) is 9.84. The van der Waals surface area contributed by atoms with Crippen LogP contribution in [0.3, 0.4) is 0 Å². The van der Waals surface area contributed by atoms with Crippen LogP contribution in [0.5, 0.6) is 0 Å². The van der Waals surface area contributed by atoms with Crippen LogP contribution in [-0.2, 0) is 0 Å². The van der Waals surface area contributed by atoms with Gasteiger partial charge in [-0.25, -0.2) is 0 Å². The lowest BCUT2D eigenvalue weighted by molar-refractivity contribution is 1.18. The minimum atomic E-state index is 0.0415. The molecule has 0 aliphatic carbocycles. The van der Waals surface area contributed by atoms with Crippen LogP contribution in [0.15, 0.2) is 194 Å².